The van der Waals surface area contributed by atoms with Crippen molar-refractivity contribution < 1.29 is 4.43 Å². The molecule has 0 heterocycles. The number of halogens is 2. The molecule has 0 aliphatic rings. The molecule has 0 aliphatic heterocycles. The van der Waals surface area contributed by atoms with Gasteiger partial charge in [-0.1, -0.05) is 20.3 Å². The Morgan fingerprint density at radius 1 is 1.56 bits per heavy atom. The van der Waals surface area contributed by atoms with Crippen molar-refractivity contribution in [1.82, 2.24) is 0 Å². The van der Waals surface area contributed by atoms with Gasteiger partial charge in [-0.3, -0.25) is 0 Å². The van der Waals surface area contributed by atoms with Crippen LogP contribution in [0.5, 0.6) is 0 Å². The maximum atomic E-state index is 5.46. The molecule has 1 nitrogen and oxygen atoms in total. The van der Waals surface area contributed by atoms with Crippen LogP contribution in [0.25, 0.3) is 0 Å². The molecule has 0 saturated carbocycles. The van der Waals surface area contributed by atoms with Crippen LogP contribution in [0.3, 0.4) is 0 Å². The first kappa shape index (κ1) is 9.76. The molecule has 0 rings (SSSR count). The molecular formula is C5H12Cl2OSi. The van der Waals surface area contributed by atoms with Crippen molar-refractivity contribution >= 4 is 29.8 Å². The Hall–Kier alpha value is 0.757. The Morgan fingerprint density at radius 3 is 2.44 bits per heavy atom. The highest BCUT2D eigenvalue weighted by Crippen LogP contribution is 2.04. The van der Waals surface area contributed by atoms with E-state index in [0.29, 0.717) is 12.5 Å². The molecule has 1 atom stereocenters. The van der Waals surface area contributed by atoms with E-state index < -0.39 is 7.66 Å². The first-order valence-electron chi connectivity index (χ1n) is 3.06. The van der Waals surface area contributed by atoms with Gasteiger partial charge >= 0.3 is 7.66 Å². The Kier molecular flexibility index (Phi) is 6.00. The Bertz CT molecular complexity index is 70.0. The van der Waals surface area contributed by atoms with E-state index in [0.717, 1.165) is 6.42 Å². The highest BCUT2D eigenvalue weighted by Gasteiger charge is 2.04. The van der Waals surface area contributed by atoms with Crippen molar-refractivity contribution in [3.05, 3.63) is 0 Å². The van der Waals surface area contributed by atoms with Crippen LogP contribution in [0, 0.1) is 5.92 Å². The van der Waals surface area contributed by atoms with Gasteiger partial charge in [0.1, 0.15) is 0 Å². The van der Waals surface area contributed by atoms with E-state index in [1.54, 1.807) is 0 Å². The van der Waals surface area contributed by atoms with E-state index >= 15 is 0 Å². The fourth-order valence-corrected chi connectivity index (χ4v) is 1.27. The largest absolute Gasteiger partial charge is 0.394 e. The molecule has 4 heteroatoms. The van der Waals surface area contributed by atoms with Gasteiger partial charge in [0.25, 0.3) is 0 Å². The van der Waals surface area contributed by atoms with Gasteiger partial charge in [0.2, 0.25) is 0 Å². The predicted molar refractivity (Wildman–Crippen MR) is 44.3 cm³/mol. The van der Waals surface area contributed by atoms with E-state index in [1.807, 2.05) is 0 Å². The summed E-state index contributed by atoms with van der Waals surface area (Å²) in [6.45, 7) is 4.94. The van der Waals surface area contributed by atoms with Crippen molar-refractivity contribution in [2.45, 2.75) is 20.3 Å². The lowest BCUT2D eigenvalue weighted by Gasteiger charge is -2.08. The molecule has 1 unspecified atom stereocenters. The molecule has 0 bridgehead atoms. The van der Waals surface area contributed by atoms with E-state index in [2.05, 4.69) is 13.8 Å². The van der Waals surface area contributed by atoms with Crippen LogP contribution in [-0.4, -0.2) is 14.3 Å². The van der Waals surface area contributed by atoms with E-state index in [9.17, 15) is 0 Å². The summed E-state index contributed by atoms with van der Waals surface area (Å²) in [5.41, 5.74) is 0. The molecule has 0 fully saturated rings. The van der Waals surface area contributed by atoms with Crippen molar-refractivity contribution in [3.63, 3.8) is 0 Å². The zero-order valence-electron chi connectivity index (χ0n) is 5.73. The molecular weight excluding hydrogens is 175 g/mol. The standard InChI is InChI=1S/C5H12Cl2OSi/c1-3-5(2)4-8-9(6)7/h5,9H,3-4H2,1-2H3. The second-order valence-corrected chi connectivity index (χ2v) is 6.01. The molecule has 0 aromatic carbocycles. The highest BCUT2D eigenvalue weighted by molar-refractivity contribution is 7.30. The molecule has 0 aliphatic carbocycles. The molecule has 0 saturated heterocycles. The zero-order valence-corrected chi connectivity index (χ0v) is 8.40. The van der Waals surface area contributed by atoms with Crippen LogP contribution in [0.1, 0.15) is 20.3 Å². The Labute approximate surface area is 67.4 Å². The highest BCUT2D eigenvalue weighted by atomic mass is 35.7. The van der Waals surface area contributed by atoms with Gasteiger partial charge in [-0.15, -0.1) is 22.2 Å². The maximum absolute atomic E-state index is 5.46. The smallest absolute Gasteiger partial charge is 0.373 e. The number of hydrogen-bond acceptors (Lipinski definition) is 1. The lowest BCUT2D eigenvalue weighted by Crippen LogP contribution is -2.09. The monoisotopic (exact) mass is 186 g/mol. The summed E-state index contributed by atoms with van der Waals surface area (Å²) in [6.07, 6.45) is 1.12. The normalized spacial score (nSPS) is 14.3. The van der Waals surface area contributed by atoms with Gasteiger partial charge in [-0.05, 0) is 5.92 Å². The van der Waals surface area contributed by atoms with E-state index in [4.69, 9.17) is 26.6 Å². The van der Waals surface area contributed by atoms with E-state index in [-0.39, 0.29) is 0 Å². The molecule has 0 N–H and O–H groups in total. The third-order valence-electron chi connectivity index (χ3n) is 1.20. The molecule has 9 heavy (non-hydrogen) atoms. The lowest BCUT2D eigenvalue weighted by molar-refractivity contribution is 0.271. The summed E-state index contributed by atoms with van der Waals surface area (Å²) >= 11 is 10.9. The fourth-order valence-electron chi connectivity index (χ4n) is 0.355. The van der Waals surface area contributed by atoms with Crippen LogP contribution < -0.4 is 0 Å². The summed E-state index contributed by atoms with van der Waals surface area (Å²) in [6, 6.07) is 0. The van der Waals surface area contributed by atoms with Crippen LogP contribution >= 0.6 is 22.2 Å². The third kappa shape index (κ3) is 6.64. The second-order valence-electron chi connectivity index (χ2n) is 2.11. The predicted octanol–water partition coefficient (Wildman–Crippen LogP) is 2.24. The van der Waals surface area contributed by atoms with Crippen LogP contribution in [0.2, 0.25) is 0 Å². The minimum Gasteiger partial charge on any atom is -0.394 e. The molecule has 0 aromatic rings. The molecule has 0 spiro atoms. The molecule has 0 amide bonds. The zero-order chi connectivity index (χ0) is 7.28. The molecule has 0 radical (unpaired) electrons. The number of rotatable bonds is 4. The first-order valence-corrected chi connectivity index (χ1v) is 7.02. The summed E-state index contributed by atoms with van der Waals surface area (Å²) in [5, 5.41) is 0. The topological polar surface area (TPSA) is 9.23 Å². The first-order chi connectivity index (χ1) is 4.16. The second kappa shape index (κ2) is 5.53. The minimum atomic E-state index is -1.80. The average molecular weight is 187 g/mol. The fraction of sp³-hybridized carbons (Fsp3) is 1.00. The summed E-state index contributed by atoms with van der Waals surface area (Å²) in [4.78, 5) is 0. The van der Waals surface area contributed by atoms with Gasteiger partial charge in [0.15, 0.2) is 0 Å². The van der Waals surface area contributed by atoms with Gasteiger partial charge in [0.05, 0.1) is 0 Å². The summed E-state index contributed by atoms with van der Waals surface area (Å²) in [5.74, 6) is 0.581. The Morgan fingerprint density at radius 2 is 2.11 bits per heavy atom. The van der Waals surface area contributed by atoms with Crippen molar-refractivity contribution in [3.8, 4) is 0 Å². The van der Waals surface area contributed by atoms with Crippen molar-refractivity contribution in [2.75, 3.05) is 6.61 Å². The van der Waals surface area contributed by atoms with Gasteiger partial charge < -0.3 is 4.43 Å². The van der Waals surface area contributed by atoms with Gasteiger partial charge in [-0.25, -0.2) is 0 Å². The van der Waals surface area contributed by atoms with Gasteiger partial charge in [-0.2, -0.15) is 0 Å². The van der Waals surface area contributed by atoms with Crippen molar-refractivity contribution in [2.24, 2.45) is 5.92 Å². The summed E-state index contributed by atoms with van der Waals surface area (Å²) < 4.78 is 5.06. The van der Waals surface area contributed by atoms with Crippen LogP contribution in [0.15, 0.2) is 0 Å². The SMILES string of the molecule is CCC(C)CO[SiH](Cl)Cl. The number of hydrogen-bond donors (Lipinski definition) is 0. The molecule has 0 aromatic heterocycles. The summed E-state index contributed by atoms with van der Waals surface area (Å²) in [7, 11) is -1.80. The molecule has 56 valence electrons. The van der Waals surface area contributed by atoms with E-state index in [1.165, 1.54) is 0 Å². The van der Waals surface area contributed by atoms with Crippen LogP contribution in [-0.2, 0) is 4.43 Å². The minimum absolute atomic E-state index is 0.581. The lowest BCUT2D eigenvalue weighted by atomic mass is 10.1. The van der Waals surface area contributed by atoms with Gasteiger partial charge in [0, 0.05) is 6.61 Å². The van der Waals surface area contributed by atoms with Crippen LogP contribution in [0.4, 0.5) is 0 Å². The van der Waals surface area contributed by atoms with Crippen molar-refractivity contribution in [1.29, 1.82) is 0 Å². The quantitative estimate of drug-likeness (QED) is 0.484. The maximum Gasteiger partial charge on any atom is 0.373 e. The third-order valence-corrected chi connectivity index (χ3v) is 2.40. The Balaban J connectivity index is 3.06. The average Bonchev–Trinajstić information content (AvgIpc) is 1.83.